The molecule has 2 amide bonds. The fraction of sp³-hybridized carbons (Fsp3) is 0.200. The lowest BCUT2D eigenvalue weighted by molar-refractivity contribution is -0.123. The van der Waals surface area contributed by atoms with E-state index in [1.807, 2.05) is 24.1 Å². The molecule has 0 aliphatic carbocycles. The van der Waals surface area contributed by atoms with Crippen LogP contribution in [0.4, 0.5) is 5.69 Å². The lowest BCUT2D eigenvalue weighted by atomic mass is 10.1. The summed E-state index contributed by atoms with van der Waals surface area (Å²) in [5, 5.41) is 13.4. The maximum atomic E-state index is 11.7. The molecule has 2 N–H and O–H groups in total. The Bertz CT molecular complexity index is 666. The minimum absolute atomic E-state index is 0.0131. The number of carbonyl (C=O) groups excluding carboxylic acids is 2. The first kappa shape index (κ1) is 15.7. The van der Waals surface area contributed by atoms with Gasteiger partial charge in [-0.05, 0) is 36.0 Å². The average Bonchev–Trinajstić information content (AvgIpc) is 2.49. The first-order chi connectivity index (χ1) is 10.5. The van der Waals surface area contributed by atoms with Crippen LogP contribution in [-0.2, 0) is 9.59 Å². The Hall–Kier alpha value is -2.72. The van der Waals surface area contributed by atoms with E-state index in [-0.39, 0.29) is 10.7 Å². The second-order valence-electron chi connectivity index (χ2n) is 4.72. The average molecular weight is 314 g/mol. The van der Waals surface area contributed by atoms with Gasteiger partial charge in [-0.15, -0.1) is 0 Å². The topological polar surface area (TPSA) is 85.2 Å². The Kier molecular flexibility index (Phi) is 4.86. The predicted molar refractivity (Wildman–Crippen MR) is 86.8 cm³/mol. The molecule has 0 bridgehead atoms. The van der Waals surface area contributed by atoms with Crippen molar-refractivity contribution in [3.8, 4) is 6.07 Å². The molecule has 1 fully saturated rings. The molecule has 0 saturated carbocycles. The molecule has 1 aromatic carbocycles. The molecule has 0 radical (unpaired) electrons. The first-order valence-electron chi connectivity index (χ1n) is 6.58. The van der Waals surface area contributed by atoms with E-state index in [4.69, 9.17) is 17.5 Å². The number of amides is 2. The molecule has 112 valence electrons. The van der Waals surface area contributed by atoms with Gasteiger partial charge in [0.2, 0.25) is 0 Å². The van der Waals surface area contributed by atoms with Gasteiger partial charge in [0.05, 0.1) is 12.5 Å². The maximum Gasteiger partial charge on any atom is 0.263 e. The van der Waals surface area contributed by atoms with E-state index in [0.29, 0.717) is 13.0 Å². The second kappa shape index (κ2) is 6.83. The van der Waals surface area contributed by atoms with Gasteiger partial charge in [-0.1, -0.05) is 12.1 Å². The SMILES string of the molecule is CN(CCC#N)c1ccc(C=C2C(=O)NC(=S)NC2=O)cc1. The molecule has 0 aromatic heterocycles. The highest BCUT2D eigenvalue weighted by atomic mass is 32.1. The van der Waals surface area contributed by atoms with Gasteiger partial charge >= 0.3 is 0 Å². The van der Waals surface area contributed by atoms with Crippen molar-refractivity contribution in [2.45, 2.75) is 6.42 Å². The third-order valence-electron chi connectivity index (χ3n) is 3.15. The zero-order valence-corrected chi connectivity index (χ0v) is 12.7. The number of rotatable bonds is 4. The van der Waals surface area contributed by atoms with Crippen LogP contribution in [0.1, 0.15) is 12.0 Å². The van der Waals surface area contributed by atoms with Crippen LogP contribution < -0.4 is 15.5 Å². The van der Waals surface area contributed by atoms with Crippen LogP contribution in [0.5, 0.6) is 0 Å². The van der Waals surface area contributed by atoms with E-state index in [0.717, 1.165) is 11.3 Å². The molecular weight excluding hydrogens is 300 g/mol. The lowest BCUT2D eigenvalue weighted by Gasteiger charge is -2.18. The molecular formula is C15H14N4O2S. The number of carbonyl (C=O) groups is 2. The zero-order valence-electron chi connectivity index (χ0n) is 11.9. The summed E-state index contributed by atoms with van der Waals surface area (Å²) in [6.45, 7) is 0.638. The van der Waals surface area contributed by atoms with Crippen LogP contribution in [0, 0.1) is 11.3 Å². The quantitative estimate of drug-likeness (QED) is 0.491. The summed E-state index contributed by atoms with van der Waals surface area (Å²) < 4.78 is 0. The van der Waals surface area contributed by atoms with E-state index < -0.39 is 11.8 Å². The fourth-order valence-electron chi connectivity index (χ4n) is 1.94. The molecule has 6 nitrogen and oxygen atoms in total. The van der Waals surface area contributed by atoms with Gasteiger partial charge in [-0.25, -0.2) is 0 Å². The predicted octanol–water partition coefficient (Wildman–Crippen LogP) is 0.951. The Morgan fingerprint density at radius 1 is 1.23 bits per heavy atom. The summed E-state index contributed by atoms with van der Waals surface area (Å²) in [4.78, 5) is 25.4. The molecule has 1 saturated heterocycles. The summed E-state index contributed by atoms with van der Waals surface area (Å²) in [6, 6.07) is 9.44. The summed E-state index contributed by atoms with van der Waals surface area (Å²) in [7, 11) is 1.90. The third kappa shape index (κ3) is 3.68. The van der Waals surface area contributed by atoms with Gasteiger partial charge in [0.25, 0.3) is 11.8 Å². The van der Waals surface area contributed by atoms with Gasteiger partial charge in [0.1, 0.15) is 5.57 Å². The normalized spacial score (nSPS) is 14.0. The Balaban J connectivity index is 2.15. The molecule has 0 atom stereocenters. The molecule has 1 heterocycles. The number of anilines is 1. The Morgan fingerprint density at radius 3 is 2.36 bits per heavy atom. The fourth-order valence-corrected chi connectivity index (χ4v) is 2.13. The Labute approximate surface area is 133 Å². The number of nitrogens with zero attached hydrogens (tertiary/aromatic N) is 2. The number of hydrogen-bond acceptors (Lipinski definition) is 5. The van der Waals surface area contributed by atoms with Gasteiger partial charge in [-0.3, -0.25) is 20.2 Å². The minimum Gasteiger partial charge on any atom is -0.374 e. The second-order valence-corrected chi connectivity index (χ2v) is 5.12. The molecule has 1 aliphatic heterocycles. The Morgan fingerprint density at radius 2 is 1.82 bits per heavy atom. The van der Waals surface area contributed by atoms with Gasteiger partial charge in [0.15, 0.2) is 5.11 Å². The molecule has 1 aromatic rings. The first-order valence-corrected chi connectivity index (χ1v) is 6.98. The highest BCUT2D eigenvalue weighted by Gasteiger charge is 2.25. The van der Waals surface area contributed by atoms with Gasteiger partial charge in [-0.2, -0.15) is 5.26 Å². The van der Waals surface area contributed by atoms with Crippen molar-refractivity contribution in [3.05, 3.63) is 35.4 Å². The highest BCUT2D eigenvalue weighted by Crippen LogP contribution is 2.16. The number of nitriles is 1. The van der Waals surface area contributed by atoms with Crippen LogP contribution in [0.15, 0.2) is 29.8 Å². The van der Waals surface area contributed by atoms with E-state index in [9.17, 15) is 9.59 Å². The van der Waals surface area contributed by atoms with E-state index in [1.165, 1.54) is 6.08 Å². The zero-order chi connectivity index (χ0) is 16.1. The molecule has 2 rings (SSSR count). The third-order valence-corrected chi connectivity index (χ3v) is 3.35. The van der Waals surface area contributed by atoms with Gasteiger partial charge < -0.3 is 4.90 Å². The standard InChI is InChI=1S/C15H14N4O2S/c1-19(8-2-7-16)11-5-3-10(4-6-11)9-12-13(20)17-15(22)18-14(12)21/h3-6,9H,2,8H2,1H3,(H2,17,18,20,21,22). The number of nitrogens with one attached hydrogen (secondary N) is 2. The van der Waals surface area contributed by atoms with Crippen LogP contribution >= 0.6 is 12.2 Å². The van der Waals surface area contributed by atoms with Crippen LogP contribution in [0.25, 0.3) is 6.08 Å². The van der Waals surface area contributed by atoms with Crippen molar-refractivity contribution in [2.75, 3.05) is 18.5 Å². The smallest absolute Gasteiger partial charge is 0.263 e. The van der Waals surface area contributed by atoms with Crippen molar-refractivity contribution in [1.82, 2.24) is 10.6 Å². The number of hydrogen-bond donors (Lipinski definition) is 2. The van der Waals surface area contributed by atoms with Gasteiger partial charge in [0, 0.05) is 19.3 Å². The van der Waals surface area contributed by atoms with Crippen molar-refractivity contribution in [3.63, 3.8) is 0 Å². The van der Waals surface area contributed by atoms with E-state index in [1.54, 1.807) is 12.1 Å². The van der Waals surface area contributed by atoms with Crippen LogP contribution in [0.3, 0.4) is 0 Å². The maximum absolute atomic E-state index is 11.7. The molecule has 7 heteroatoms. The molecule has 0 spiro atoms. The van der Waals surface area contributed by atoms with E-state index >= 15 is 0 Å². The number of benzene rings is 1. The van der Waals surface area contributed by atoms with Crippen molar-refractivity contribution in [2.24, 2.45) is 0 Å². The number of thiocarbonyl (C=S) groups is 1. The lowest BCUT2D eigenvalue weighted by Crippen LogP contribution is -2.51. The monoisotopic (exact) mass is 314 g/mol. The highest BCUT2D eigenvalue weighted by molar-refractivity contribution is 7.80. The summed E-state index contributed by atoms with van der Waals surface area (Å²) in [6.07, 6.45) is 1.95. The minimum atomic E-state index is -0.510. The van der Waals surface area contributed by atoms with Crippen LogP contribution in [-0.4, -0.2) is 30.5 Å². The van der Waals surface area contributed by atoms with Crippen LogP contribution in [0.2, 0.25) is 0 Å². The summed E-state index contributed by atoms with van der Waals surface area (Å²) in [5.74, 6) is -1.02. The van der Waals surface area contributed by atoms with E-state index in [2.05, 4.69) is 16.7 Å². The van der Waals surface area contributed by atoms with Crippen molar-refractivity contribution in [1.29, 1.82) is 5.26 Å². The molecule has 1 aliphatic rings. The molecule has 22 heavy (non-hydrogen) atoms. The summed E-state index contributed by atoms with van der Waals surface area (Å²) in [5.41, 5.74) is 1.70. The molecule has 0 unspecified atom stereocenters. The van der Waals surface area contributed by atoms with Crippen molar-refractivity contribution < 1.29 is 9.59 Å². The largest absolute Gasteiger partial charge is 0.374 e. The summed E-state index contributed by atoms with van der Waals surface area (Å²) >= 11 is 4.74. The van der Waals surface area contributed by atoms with Crippen molar-refractivity contribution >= 4 is 40.9 Å².